The molecule has 3 aromatic rings. The summed E-state index contributed by atoms with van der Waals surface area (Å²) in [5, 5.41) is 34.4. The highest BCUT2D eigenvalue weighted by molar-refractivity contribution is 5.63. The third-order valence-electron chi connectivity index (χ3n) is 9.83. The predicted molar refractivity (Wildman–Crippen MR) is 156 cm³/mol. The zero-order valence-electron chi connectivity index (χ0n) is 23.6. The monoisotopic (exact) mass is 512 g/mol. The van der Waals surface area contributed by atoms with Gasteiger partial charge in [0.2, 0.25) is 0 Å². The molecule has 0 spiro atoms. The van der Waals surface area contributed by atoms with Crippen LogP contribution in [-0.4, -0.2) is 15.3 Å². The van der Waals surface area contributed by atoms with Crippen molar-refractivity contribution in [1.82, 2.24) is 0 Å². The molecular formula is C35H44O3. The number of phenols is 3. The number of para-hydroxylation sites is 1. The molecule has 0 unspecified atom stereocenters. The Kier molecular flexibility index (Phi) is 7.75. The highest BCUT2D eigenvalue weighted by atomic mass is 16.3. The van der Waals surface area contributed by atoms with Crippen LogP contribution in [0.4, 0.5) is 0 Å². The molecule has 0 atom stereocenters. The molecule has 3 N–H and O–H groups in total. The maximum Gasteiger partial charge on any atom is 0.122 e. The average Bonchev–Trinajstić information content (AvgIpc) is 2.94. The lowest BCUT2D eigenvalue weighted by Crippen LogP contribution is -2.13. The number of aromatic hydroxyl groups is 3. The Bertz CT molecular complexity index is 1230. The van der Waals surface area contributed by atoms with Gasteiger partial charge in [-0.3, -0.25) is 0 Å². The minimum absolute atomic E-state index is 0.186. The first kappa shape index (κ1) is 26.7. The summed E-state index contributed by atoms with van der Waals surface area (Å²) in [6.45, 7) is 8.28. The number of hydrogen-bond donors (Lipinski definition) is 3. The van der Waals surface area contributed by atoms with E-state index in [0.29, 0.717) is 17.4 Å². The molecule has 3 nitrogen and oxygen atoms in total. The molecule has 0 radical (unpaired) electrons. The zero-order chi connectivity index (χ0) is 27.0. The van der Waals surface area contributed by atoms with Crippen LogP contribution in [-0.2, 0) is 0 Å². The average molecular weight is 513 g/mol. The van der Waals surface area contributed by atoms with Crippen LogP contribution in [0.15, 0.2) is 36.4 Å². The van der Waals surface area contributed by atoms with Crippen molar-refractivity contribution in [3.8, 4) is 17.2 Å². The number of hydrogen-bond acceptors (Lipinski definition) is 3. The Hall–Kier alpha value is -2.94. The van der Waals surface area contributed by atoms with Gasteiger partial charge in [-0.2, -0.15) is 0 Å². The fourth-order valence-corrected chi connectivity index (χ4v) is 7.26. The van der Waals surface area contributed by atoms with Crippen molar-refractivity contribution in [2.75, 3.05) is 0 Å². The first-order chi connectivity index (χ1) is 18.3. The van der Waals surface area contributed by atoms with Gasteiger partial charge in [-0.15, -0.1) is 0 Å². The Labute approximate surface area is 228 Å². The lowest BCUT2D eigenvalue weighted by Gasteiger charge is -2.30. The Morgan fingerprint density at radius 1 is 0.553 bits per heavy atom. The number of benzene rings is 3. The van der Waals surface area contributed by atoms with E-state index in [1.165, 1.54) is 86.5 Å². The molecule has 0 aliphatic heterocycles. The highest BCUT2D eigenvalue weighted by Gasteiger charge is 2.31. The van der Waals surface area contributed by atoms with Crippen LogP contribution >= 0.6 is 0 Å². The van der Waals surface area contributed by atoms with Crippen molar-refractivity contribution >= 4 is 0 Å². The molecule has 2 aliphatic carbocycles. The van der Waals surface area contributed by atoms with Crippen molar-refractivity contribution in [2.45, 2.75) is 110 Å². The van der Waals surface area contributed by atoms with Gasteiger partial charge in [-0.25, -0.2) is 0 Å². The van der Waals surface area contributed by atoms with Crippen molar-refractivity contribution in [1.29, 1.82) is 0 Å². The molecule has 0 aromatic heterocycles. The molecule has 5 rings (SSSR count). The topological polar surface area (TPSA) is 60.7 Å². The van der Waals surface area contributed by atoms with E-state index >= 15 is 0 Å². The van der Waals surface area contributed by atoms with Gasteiger partial charge in [0.05, 0.1) is 0 Å². The van der Waals surface area contributed by atoms with Crippen molar-refractivity contribution in [3.63, 3.8) is 0 Å². The molecule has 38 heavy (non-hydrogen) atoms. The first-order valence-corrected chi connectivity index (χ1v) is 14.7. The van der Waals surface area contributed by atoms with Gasteiger partial charge >= 0.3 is 0 Å². The summed E-state index contributed by atoms with van der Waals surface area (Å²) in [5.74, 6) is 1.22. The summed E-state index contributed by atoms with van der Waals surface area (Å²) in [6, 6.07) is 11.8. The maximum atomic E-state index is 11.7. The number of phenolic OH excluding ortho intramolecular Hbond substituents is 3. The fraction of sp³-hybridized carbons (Fsp3) is 0.486. The minimum atomic E-state index is -0.473. The second-order valence-corrected chi connectivity index (χ2v) is 12.0. The van der Waals surface area contributed by atoms with Crippen molar-refractivity contribution in [2.24, 2.45) is 0 Å². The van der Waals surface area contributed by atoms with Crippen LogP contribution in [0.25, 0.3) is 0 Å². The Balaban J connectivity index is 1.76. The SMILES string of the molecule is Cc1c(C2CCCCC2)cc(C(c2ccccc2O)c2cc(C3CCCCC3)c(C)c(C)c2O)c(O)c1C. The summed E-state index contributed by atoms with van der Waals surface area (Å²) in [5.41, 5.74) is 9.04. The van der Waals surface area contributed by atoms with Crippen LogP contribution in [0.3, 0.4) is 0 Å². The lowest BCUT2D eigenvalue weighted by atomic mass is 9.74. The van der Waals surface area contributed by atoms with Crippen LogP contribution in [0.5, 0.6) is 17.2 Å². The summed E-state index contributed by atoms with van der Waals surface area (Å²) < 4.78 is 0. The van der Waals surface area contributed by atoms with Crippen LogP contribution in [0.1, 0.15) is 132 Å². The quantitative estimate of drug-likeness (QED) is 0.298. The zero-order valence-corrected chi connectivity index (χ0v) is 23.6. The van der Waals surface area contributed by atoms with E-state index < -0.39 is 5.92 Å². The molecule has 2 fully saturated rings. The minimum Gasteiger partial charge on any atom is -0.508 e. The van der Waals surface area contributed by atoms with Crippen LogP contribution in [0.2, 0.25) is 0 Å². The van der Waals surface area contributed by atoms with Gasteiger partial charge in [-0.1, -0.05) is 68.9 Å². The molecule has 0 amide bonds. The largest absolute Gasteiger partial charge is 0.508 e. The first-order valence-electron chi connectivity index (χ1n) is 14.7. The molecule has 2 aliphatic rings. The summed E-state index contributed by atoms with van der Waals surface area (Å²) in [4.78, 5) is 0. The van der Waals surface area contributed by atoms with Crippen LogP contribution < -0.4 is 0 Å². The van der Waals surface area contributed by atoms with E-state index in [2.05, 4.69) is 26.0 Å². The fourth-order valence-electron chi connectivity index (χ4n) is 7.26. The third-order valence-corrected chi connectivity index (χ3v) is 9.83. The molecule has 0 saturated heterocycles. The molecular weight excluding hydrogens is 468 g/mol. The highest BCUT2D eigenvalue weighted by Crippen LogP contribution is 2.49. The van der Waals surface area contributed by atoms with Crippen LogP contribution in [0, 0.1) is 27.7 Å². The number of rotatable bonds is 5. The molecule has 0 heterocycles. The normalized spacial score (nSPS) is 17.3. The molecule has 0 bridgehead atoms. The predicted octanol–water partition coefficient (Wildman–Crippen LogP) is 9.31. The van der Waals surface area contributed by atoms with Gasteiger partial charge in [0, 0.05) is 22.6 Å². The molecule has 3 aromatic carbocycles. The summed E-state index contributed by atoms with van der Waals surface area (Å²) in [7, 11) is 0. The summed E-state index contributed by atoms with van der Waals surface area (Å²) in [6.07, 6.45) is 12.2. The smallest absolute Gasteiger partial charge is 0.122 e. The molecule has 202 valence electrons. The van der Waals surface area contributed by atoms with Crippen molar-refractivity contribution in [3.05, 3.63) is 86.5 Å². The van der Waals surface area contributed by atoms with E-state index in [0.717, 1.165) is 22.3 Å². The maximum absolute atomic E-state index is 11.7. The Morgan fingerprint density at radius 2 is 0.974 bits per heavy atom. The van der Waals surface area contributed by atoms with Crippen molar-refractivity contribution < 1.29 is 15.3 Å². The van der Waals surface area contributed by atoms with Gasteiger partial charge < -0.3 is 15.3 Å². The van der Waals surface area contributed by atoms with E-state index in [1.807, 2.05) is 32.0 Å². The lowest BCUT2D eigenvalue weighted by molar-refractivity contribution is 0.432. The second-order valence-electron chi connectivity index (χ2n) is 12.0. The van der Waals surface area contributed by atoms with Gasteiger partial charge in [0.15, 0.2) is 0 Å². The standard InChI is InChI=1S/C35H44O3/c1-21-23(3)34(37)30(19-28(21)25-13-7-5-8-14-25)33(27-17-11-12-18-32(27)36)31-20-29(22(2)24(4)35(31)38)26-15-9-6-10-16-26/h11-12,17-20,25-26,33,36-38H,5-10,13-16H2,1-4H3. The van der Waals surface area contributed by atoms with Gasteiger partial charge in [-0.05, 0) is 105 Å². The Morgan fingerprint density at radius 3 is 1.39 bits per heavy atom. The van der Waals surface area contributed by atoms with E-state index in [-0.39, 0.29) is 17.2 Å². The van der Waals surface area contributed by atoms with E-state index in [1.54, 1.807) is 6.07 Å². The van der Waals surface area contributed by atoms with Gasteiger partial charge in [0.1, 0.15) is 17.2 Å². The van der Waals surface area contributed by atoms with E-state index in [9.17, 15) is 15.3 Å². The summed E-state index contributed by atoms with van der Waals surface area (Å²) >= 11 is 0. The van der Waals surface area contributed by atoms with Gasteiger partial charge in [0.25, 0.3) is 0 Å². The second kappa shape index (κ2) is 11.0. The third kappa shape index (κ3) is 4.81. The van der Waals surface area contributed by atoms with E-state index in [4.69, 9.17) is 0 Å². The molecule has 2 saturated carbocycles. The molecule has 3 heteroatoms.